The average molecular weight is 223 g/mol. The fourth-order valence-electron chi connectivity index (χ4n) is 1.55. The zero-order valence-electron chi connectivity index (χ0n) is 9.34. The maximum Gasteiger partial charge on any atom is 0.187 e. The first-order valence-electron chi connectivity index (χ1n) is 5.39. The smallest absolute Gasteiger partial charge is 0.187 e. The van der Waals surface area contributed by atoms with E-state index < -0.39 is 0 Å². The van der Waals surface area contributed by atoms with E-state index in [1.807, 2.05) is 36.4 Å². The van der Waals surface area contributed by atoms with Crippen LogP contribution in [0.4, 0.5) is 5.69 Å². The third-order valence-corrected chi connectivity index (χ3v) is 2.45. The summed E-state index contributed by atoms with van der Waals surface area (Å²) in [6.45, 7) is 0. The number of anilines is 1. The summed E-state index contributed by atoms with van der Waals surface area (Å²) in [6.07, 6.45) is 3.33. The number of nitrogens with two attached hydrogens (primary N) is 1. The Balaban J connectivity index is 2.18. The maximum absolute atomic E-state index is 11.9. The minimum absolute atomic E-state index is 0.0769. The molecule has 0 aliphatic heterocycles. The standard InChI is InChI=1S/C15H13NO/c16-14-9-5-4-8-13(14)15(17)11-10-12-6-2-1-3-7-12/h1-11H,16H2/b11-10-. The van der Waals surface area contributed by atoms with Gasteiger partial charge in [0, 0.05) is 11.3 Å². The first-order valence-corrected chi connectivity index (χ1v) is 5.39. The van der Waals surface area contributed by atoms with Gasteiger partial charge in [-0.2, -0.15) is 0 Å². The third kappa shape index (κ3) is 2.82. The molecule has 0 spiro atoms. The summed E-state index contributed by atoms with van der Waals surface area (Å²) in [5, 5.41) is 0. The lowest BCUT2D eigenvalue weighted by molar-refractivity contribution is 0.104. The number of para-hydroxylation sites is 1. The molecule has 17 heavy (non-hydrogen) atoms. The molecule has 0 saturated carbocycles. The van der Waals surface area contributed by atoms with Gasteiger partial charge in [0.25, 0.3) is 0 Å². The van der Waals surface area contributed by atoms with Gasteiger partial charge in [0.1, 0.15) is 0 Å². The van der Waals surface area contributed by atoms with E-state index in [0.29, 0.717) is 11.3 Å². The predicted octanol–water partition coefficient (Wildman–Crippen LogP) is 3.16. The molecule has 0 aromatic heterocycles. The molecule has 0 unspecified atom stereocenters. The van der Waals surface area contributed by atoms with Crippen LogP contribution in [-0.4, -0.2) is 5.78 Å². The van der Waals surface area contributed by atoms with Crippen molar-refractivity contribution in [3.63, 3.8) is 0 Å². The molecule has 2 aromatic carbocycles. The zero-order valence-corrected chi connectivity index (χ0v) is 9.34. The highest BCUT2D eigenvalue weighted by Gasteiger charge is 2.04. The second-order valence-corrected chi connectivity index (χ2v) is 3.70. The van der Waals surface area contributed by atoms with Gasteiger partial charge in [-0.3, -0.25) is 4.79 Å². The summed E-state index contributed by atoms with van der Waals surface area (Å²) < 4.78 is 0. The second kappa shape index (κ2) is 5.12. The SMILES string of the molecule is Nc1ccccc1C(=O)/C=C\c1ccccc1. The van der Waals surface area contributed by atoms with Crippen LogP contribution in [0.15, 0.2) is 60.7 Å². The van der Waals surface area contributed by atoms with E-state index in [1.54, 1.807) is 30.4 Å². The van der Waals surface area contributed by atoms with Crippen LogP contribution in [0.3, 0.4) is 0 Å². The molecule has 2 nitrogen and oxygen atoms in total. The quantitative estimate of drug-likeness (QED) is 0.493. The molecule has 2 N–H and O–H groups in total. The highest BCUT2D eigenvalue weighted by atomic mass is 16.1. The molecule has 0 amide bonds. The fraction of sp³-hybridized carbons (Fsp3) is 0. The summed E-state index contributed by atoms with van der Waals surface area (Å²) in [6, 6.07) is 16.8. The van der Waals surface area contributed by atoms with Crippen LogP contribution < -0.4 is 5.73 Å². The van der Waals surface area contributed by atoms with Crippen molar-refractivity contribution < 1.29 is 4.79 Å². The first kappa shape index (κ1) is 11.1. The van der Waals surface area contributed by atoms with Gasteiger partial charge in [0.05, 0.1) is 0 Å². The largest absolute Gasteiger partial charge is 0.398 e. The minimum atomic E-state index is -0.0769. The summed E-state index contributed by atoms with van der Waals surface area (Å²) in [4.78, 5) is 11.9. The number of allylic oxidation sites excluding steroid dienone is 1. The number of nitrogen functional groups attached to an aromatic ring is 1. The Morgan fingerprint density at radius 1 is 0.941 bits per heavy atom. The van der Waals surface area contributed by atoms with Crippen molar-refractivity contribution in [2.75, 3.05) is 5.73 Å². The van der Waals surface area contributed by atoms with E-state index in [1.165, 1.54) is 0 Å². The molecule has 0 bridgehead atoms. The third-order valence-electron chi connectivity index (χ3n) is 2.45. The van der Waals surface area contributed by atoms with Crippen molar-refractivity contribution in [2.45, 2.75) is 0 Å². The lowest BCUT2D eigenvalue weighted by atomic mass is 10.1. The van der Waals surface area contributed by atoms with E-state index in [0.717, 1.165) is 5.56 Å². The number of carbonyl (C=O) groups is 1. The normalized spacial score (nSPS) is 10.6. The van der Waals surface area contributed by atoms with Crippen LogP contribution in [0.25, 0.3) is 6.08 Å². The Morgan fingerprint density at radius 3 is 2.29 bits per heavy atom. The van der Waals surface area contributed by atoms with Crippen LogP contribution in [0.2, 0.25) is 0 Å². The van der Waals surface area contributed by atoms with Crippen molar-refractivity contribution >= 4 is 17.5 Å². The molecule has 84 valence electrons. The van der Waals surface area contributed by atoms with Gasteiger partial charge in [-0.25, -0.2) is 0 Å². The molecule has 2 aromatic rings. The highest BCUT2D eigenvalue weighted by Crippen LogP contribution is 2.12. The fourth-order valence-corrected chi connectivity index (χ4v) is 1.55. The lowest BCUT2D eigenvalue weighted by Crippen LogP contribution is -1.99. The van der Waals surface area contributed by atoms with Crippen molar-refractivity contribution in [3.8, 4) is 0 Å². The van der Waals surface area contributed by atoms with Crippen molar-refractivity contribution in [2.24, 2.45) is 0 Å². The predicted molar refractivity (Wildman–Crippen MR) is 70.7 cm³/mol. The van der Waals surface area contributed by atoms with Gasteiger partial charge in [-0.1, -0.05) is 48.5 Å². The number of hydrogen-bond acceptors (Lipinski definition) is 2. The Hall–Kier alpha value is -2.35. The molecule has 0 fully saturated rings. The monoisotopic (exact) mass is 223 g/mol. The Morgan fingerprint density at radius 2 is 1.59 bits per heavy atom. The van der Waals surface area contributed by atoms with Gasteiger partial charge in [-0.15, -0.1) is 0 Å². The lowest BCUT2D eigenvalue weighted by Gasteiger charge is -2.00. The van der Waals surface area contributed by atoms with E-state index in [2.05, 4.69) is 0 Å². The van der Waals surface area contributed by atoms with Gasteiger partial charge in [0.2, 0.25) is 0 Å². The van der Waals surface area contributed by atoms with Crippen molar-refractivity contribution in [1.82, 2.24) is 0 Å². The van der Waals surface area contributed by atoms with E-state index >= 15 is 0 Å². The Bertz CT molecular complexity index is 544. The summed E-state index contributed by atoms with van der Waals surface area (Å²) in [5.41, 5.74) is 7.78. The Labute approximate surface area is 100 Å². The second-order valence-electron chi connectivity index (χ2n) is 3.70. The van der Waals surface area contributed by atoms with Crippen molar-refractivity contribution in [1.29, 1.82) is 0 Å². The molecular weight excluding hydrogens is 210 g/mol. The van der Waals surface area contributed by atoms with Gasteiger partial charge < -0.3 is 5.73 Å². The highest BCUT2D eigenvalue weighted by molar-refractivity contribution is 6.10. The molecule has 0 atom stereocenters. The number of carbonyl (C=O) groups excluding carboxylic acids is 1. The zero-order chi connectivity index (χ0) is 12.1. The number of benzene rings is 2. The molecule has 0 aliphatic carbocycles. The molecule has 0 saturated heterocycles. The summed E-state index contributed by atoms with van der Waals surface area (Å²) in [7, 11) is 0. The molecule has 0 aliphatic rings. The molecule has 2 rings (SSSR count). The van der Waals surface area contributed by atoms with Crippen LogP contribution in [-0.2, 0) is 0 Å². The van der Waals surface area contributed by atoms with Gasteiger partial charge >= 0.3 is 0 Å². The molecule has 0 radical (unpaired) electrons. The van der Waals surface area contributed by atoms with Crippen LogP contribution in [0.5, 0.6) is 0 Å². The van der Waals surface area contributed by atoms with Gasteiger partial charge in [0.15, 0.2) is 5.78 Å². The van der Waals surface area contributed by atoms with Gasteiger partial charge in [-0.05, 0) is 23.8 Å². The van der Waals surface area contributed by atoms with Crippen LogP contribution >= 0.6 is 0 Å². The van der Waals surface area contributed by atoms with E-state index in [4.69, 9.17) is 5.73 Å². The topological polar surface area (TPSA) is 43.1 Å². The molecule has 0 heterocycles. The number of ketones is 1. The van der Waals surface area contributed by atoms with Crippen LogP contribution in [0, 0.1) is 0 Å². The first-order chi connectivity index (χ1) is 8.27. The molecule has 2 heteroatoms. The maximum atomic E-state index is 11.9. The van der Waals surface area contributed by atoms with E-state index in [9.17, 15) is 4.79 Å². The van der Waals surface area contributed by atoms with Crippen molar-refractivity contribution in [3.05, 3.63) is 71.8 Å². The minimum Gasteiger partial charge on any atom is -0.398 e. The average Bonchev–Trinajstić information content (AvgIpc) is 2.38. The summed E-state index contributed by atoms with van der Waals surface area (Å²) >= 11 is 0. The summed E-state index contributed by atoms with van der Waals surface area (Å²) in [5.74, 6) is -0.0769. The number of hydrogen-bond donors (Lipinski definition) is 1. The Kier molecular flexibility index (Phi) is 3.36. The molecular formula is C15H13NO. The number of rotatable bonds is 3. The van der Waals surface area contributed by atoms with E-state index in [-0.39, 0.29) is 5.78 Å². The van der Waals surface area contributed by atoms with Crippen LogP contribution in [0.1, 0.15) is 15.9 Å².